The van der Waals surface area contributed by atoms with Crippen LogP contribution in [0.4, 0.5) is 11.4 Å². The number of anilines is 2. The number of rotatable bonds is 9. The van der Waals surface area contributed by atoms with Gasteiger partial charge in [0.1, 0.15) is 5.70 Å². The molecule has 41 heavy (non-hydrogen) atoms. The number of halogens is 1. The van der Waals surface area contributed by atoms with Crippen LogP contribution in [0.3, 0.4) is 0 Å². The molecule has 1 atom stereocenters. The van der Waals surface area contributed by atoms with E-state index in [0.717, 1.165) is 21.6 Å². The monoisotopic (exact) mass is 583 g/mol. The zero-order valence-corrected chi connectivity index (χ0v) is 24.5. The Morgan fingerprint density at radius 2 is 1.49 bits per heavy atom. The number of benzene rings is 4. The molecule has 0 saturated carbocycles. The van der Waals surface area contributed by atoms with Crippen LogP contribution in [-0.4, -0.2) is 23.0 Å². The first-order chi connectivity index (χ1) is 19.7. The summed E-state index contributed by atoms with van der Waals surface area (Å²) >= 11 is 7.54. The molecule has 208 valence electrons. The van der Waals surface area contributed by atoms with E-state index in [9.17, 15) is 14.4 Å². The van der Waals surface area contributed by atoms with Crippen LogP contribution in [-0.2, 0) is 9.59 Å². The first-order valence-corrected chi connectivity index (χ1v) is 14.2. The van der Waals surface area contributed by atoms with Crippen LogP contribution in [0.25, 0.3) is 6.08 Å². The van der Waals surface area contributed by atoms with Crippen molar-refractivity contribution in [2.75, 3.05) is 10.6 Å². The summed E-state index contributed by atoms with van der Waals surface area (Å²) in [4.78, 5) is 39.9. The molecule has 4 rings (SSSR count). The standard InChI is InChI=1S/C33H30ClN3O3S/c1-21-10-7-8-13-25(21)18-30(37-32(39)24-11-5-4-6-12-24)33(40)36-26-14-9-15-28(19-26)41-23(3)31(38)35-27-17-16-22(2)29(34)20-27/h4-20,23H,1-3H3,(H,35,38)(H,36,40)(H,37,39)/b30-18-. The molecule has 8 heteroatoms. The number of hydrogen-bond acceptors (Lipinski definition) is 4. The molecular formula is C33H30ClN3O3S. The molecule has 0 radical (unpaired) electrons. The second-order valence-electron chi connectivity index (χ2n) is 9.43. The van der Waals surface area contributed by atoms with Crippen LogP contribution in [0, 0.1) is 13.8 Å². The quantitative estimate of drug-likeness (QED) is 0.141. The molecule has 3 amide bonds. The largest absolute Gasteiger partial charge is 0.325 e. The lowest BCUT2D eigenvalue weighted by molar-refractivity contribution is -0.115. The van der Waals surface area contributed by atoms with Crippen molar-refractivity contribution in [3.05, 3.63) is 130 Å². The summed E-state index contributed by atoms with van der Waals surface area (Å²) in [6.45, 7) is 5.64. The highest BCUT2D eigenvalue weighted by molar-refractivity contribution is 8.00. The zero-order valence-electron chi connectivity index (χ0n) is 22.9. The van der Waals surface area contributed by atoms with E-state index >= 15 is 0 Å². The van der Waals surface area contributed by atoms with Crippen LogP contribution < -0.4 is 16.0 Å². The predicted octanol–water partition coefficient (Wildman–Crippen LogP) is 7.49. The molecule has 0 saturated heterocycles. The summed E-state index contributed by atoms with van der Waals surface area (Å²) in [5, 5.41) is 8.71. The van der Waals surface area contributed by atoms with Crippen molar-refractivity contribution >= 4 is 58.5 Å². The maximum absolute atomic E-state index is 13.4. The van der Waals surface area contributed by atoms with E-state index in [4.69, 9.17) is 11.6 Å². The Hall–Kier alpha value is -4.33. The SMILES string of the molecule is Cc1ccc(NC(=O)C(C)Sc2cccc(NC(=O)/C(=C/c3ccccc3C)NC(=O)c3ccccc3)c2)cc1Cl. The van der Waals surface area contributed by atoms with Crippen molar-refractivity contribution in [3.63, 3.8) is 0 Å². The lowest BCUT2D eigenvalue weighted by Crippen LogP contribution is -2.30. The molecule has 6 nitrogen and oxygen atoms in total. The van der Waals surface area contributed by atoms with Gasteiger partial charge < -0.3 is 16.0 Å². The van der Waals surface area contributed by atoms with Gasteiger partial charge in [0.2, 0.25) is 5.91 Å². The summed E-state index contributed by atoms with van der Waals surface area (Å²) < 4.78 is 0. The Morgan fingerprint density at radius 1 is 0.780 bits per heavy atom. The van der Waals surface area contributed by atoms with Gasteiger partial charge in [-0.2, -0.15) is 0 Å². The van der Waals surface area contributed by atoms with E-state index in [1.165, 1.54) is 11.8 Å². The summed E-state index contributed by atoms with van der Waals surface area (Å²) in [6.07, 6.45) is 1.66. The second kappa shape index (κ2) is 13.8. The van der Waals surface area contributed by atoms with Crippen LogP contribution in [0.1, 0.15) is 34.0 Å². The first-order valence-electron chi connectivity index (χ1n) is 13.0. The molecule has 0 bridgehead atoms. The van der Waals surface area contributed by atoms with Crippen molar-refractivity contribution < 1.29 is 14.4 Å². The molecule has 0 aromatic heterocycles. The molecule has 0 aliphatic carbocycles. The average Bonchev–Trinajstić information content (AvgIpc) is 2.96. The van der Waals surface area contributed by atoms with E-state index in [0.29, 0.717) is 22.0 Å². The van der Waals surface area contributed by atoms with E-state index < -0.39 is 11.2 Å². The predicted molar refractivity (Wildman–Crippen MR) is 168 cm³/mol. The fourth-order valence-electron chi connectivity index (χ4n) is 3.86. The van der Waals surface area contributed by atoms with Gasteiger partial charge in [0.15, 0.2) is 0 Å². The van der Waals surface area contributed by atoms with E-state index in [1.807, 2.05) is 69.3 Å². The van der Waals surface area contributed by atoms with E-state index in [1.54, 1.807) is 54.6 Å². The normalized spacial score (nSPS) is 11.9. The zero-order chi connectivity index (χ0) is 29.4. The smallest absolute Gasteiger partial charge is 0.272 e. The highest BCUT2D eigenvalue weighted by Crippen LogP contribution is 2.28. The Balaban J connectivity index is 1.48. The van der Waals surface area contributed by atoms with Gasteiger partial charge in [-0.1, -0.05) is 66.2 Å². The number of carbonyl (C=O) groups is 3. The maximum Gasteiger partial charge on any atom is 0.272 e. The van der Waals surface area contributed by atoms with Gasteiger partial charge in [0.25, 0.3) is 11.8 Å². The molecule has 0 aliphatic rings. The summed E-state index contributed by atoms with van der Waals surface area (Å²) in [5.74, 6) is -1.03. The Labute approximate surface area is 249 Å². The number of amides is 3. The maximum atomic E-state index is 13.4. The molecule has 3 N–H and O–H groups in total. The number of hydrogen-bond donors (Lipinski definition) is 3. The Bertz CT molecular complexity index is 1600. The number of carbonyl (C=O) groups excluding carboxylic acids is 3. The molecular weight excluding hydrogens is 554 g/mol. The highest BCUT2D eigenvalue weighted by atomic mass is 35.5. The van der Waals surface area contributed by atoms with Crippen LogP contribution in [0.2, 0.25) is 5.02 Å². The van der Waals surface area contributed by atoms with Crippen molar-refractivity contribution in [1.82, 2.24) is 5.32 Å². The minimum atomic E-state index is -0.471. The van der Waals surface area contributed by atoms with Crippen LogP contribution in [0.15, 0.2) is 108 Å². The van der Waals surface area contributed by atoms with Crippen LogP contribution in [0.5, 0.6) is 0 Å². The molecule has 0 spiro atoms. The Kier molecular flexibility index (Phi) is 10.0. The first kappa shape index (κ1) is 29.6. The fraction of sp³-hybridized carbons (Fsp3) is 0.121. The molecule has 0 aliphatic heterocycles. The molecule has 4 aromatic carbocycles. The molecule has 4 aromatic rings. The number of aryl methyl sites for hydroxylation is 2. The minimum Gasteiger partial charge on any atom is -0.325 e. The third-order valence-electron chi connectivity index (χ3n) is 6.23. The third-order valence-corrected chi connectivity index (χ3v) is 7.73. The summed E-state index contributed by atoms with van der Waals surface area (Å²) in [6, 6.07) is 28.9. The lowest BCUT2D eigenvalue weighted by Gasteiger charge is -2.14. The van der Waals surface area contributed by atoms with Gasteiger partial charge in [-0.05, 0) is 86.0 Å². The van der Waals surface area contributed by atoms with Gasteiger partial charge in [-0.3, -0.25) is 14.4 Å². The van der Waals surface area contributed by atoms with Gasteiger partial charge in [0, 0.05) is 26.9 Å². The van der Waals surface area contributed by atoms with Crippen molar-refractivity contribution in [2.45, 2.75) is 30.9 Å². The highest BCUT2D eigenvalue weighted by Gasteiger charge is 2.18. The Morgan fingerprint density at radius 3 is 2.22 bits per heavy atom. The van der Waals surface area contributed by atoms with Crippen molar-refractivity contribution in [3.8, 4) is 0 Å². The van der Waals surface area contributed by atoms with E-state index in [2.05, 4.69) is 16.0 Å². The van der Waals surface area contributed by atoms with Gasteiger partial charge in [-0.25, -0.2) is 0 Å². The van der Waals surface area contributed by atoms with Gasteiger partial charge in [0.05, 0.1) is 5.25 Å². The fourth-order valence-corrected chi connectivity index (χ4v) is 4.97. The van der Waals surface area contributed by atoms with Gasteiger partial charge >= 0.3 is 0 Å². The lowest BCUT2D eigenvalue weighted by atomic mass is 10.1. The molecule has 1 unspecified atom stereocenters. The summed E-state index contributed by atoms with van der Waals surface area (Å²) in [5.41, 5.74) is 4.41. The van der Waals surface area contributed by atoms with E-state index in [-0.39, 0.29) is 17.5 Å². The second-order valence-corrected chi connectivity index (χ2v) is 11.3. The van der Waals surface area contributed by atoms with Crippen molar-refractivity contribution in [2.24, 2.45) is 0 Å². The minimum absolute atomic E-state index is 0.107. The van der Waals surface area contributed by atoms with Crippen LogP contribution >= 0.6 is 23.4 Å². The van der Waals surface area contributed by atoms with Gasteiger partial charge in [-0.15, -0.1) is 11.8 Å². The summed E-state index contributed by atoms with van der Waals surface area (Å²) in [7, 11) is 0. The number of nitrogens with one attached hydrogen (secondary N) is 3. The third kappa shape index (κ3) is 8.33. The molecule has 0 heterocycles. The van der Waals surface area contributed by atoms with Crippen molar-refractivity contribution in [1.29, 1.82) is 0 Å². The molecule has 0 fully saturated rings. The topological polar surface area (TPSA) is 87.3 Å². The number of thioether (sulfide) groups is 1. The average molecular weight is 584 g/mol.